The highest BCUT2D eigenvalue weighted by Crippen LogP contribution is 2.36. The van der Waals surface area contributed by atoms with Crippen molar-refractivity contribution in [2.24, 2.45) is 4.99 Å². The van der Waals surface area contributed by atoms with Crippen LogP contribution in [0.5, 0.6) is 0 Å². The highest BCUT2D eigenvalue weighted by Gasteiger charge is 2.34. The van der Waals surface area contributed by atoms with Gasteiger partial charge in [0.25, 0.3) is 0 Å². The van der Waals surface area contributed by atoms with E-state index in [-0.39, 0.29) is 11.4 Å². The predicted molar refractivity (Wildman–Crippen MR) is 96.5 cm³/mol. The third-order valence-corrected chi connectivity index (χ3v) is 5.87. The summed E-state index contributed by atoms with van der Waals surface area (Å²) in [5, 5.41) is 2.11. The molecule has 0 radical (unpaired) electrons. The summed E-state index contributed by atoms with van der Waals surface area (Å²) in [6.07, 6.45) is 4.59. The fourth-order valence-electron chi connectivity index (χ4n) is 3.32. The van der Waals surface area contributed by atoms with Gasteiger partial charge in [0.1, 0.15) is 16.9 Å². The number of aliphatic imine (C=N–C) groups is 1. The molecule has 2 aromatic heterocycles. The van der Waals surface area contributed by atoms with Crippen molar-refractivity contribution in [3.8, 4) is 0 Å². The van der Waals surface area contributed by atoms with Crippen LogP contribution in [0.4, 0.5) is 4.39 Å². The van der Waals surface area contributed by atoms with E-state index in [4.69, 9.17) is 4.99 Å². The Morgan fingerprint density at radius 2 is 2.04 bits per heavy atom. The van der Waals surface area contributed by atoms with Gasteiger partial charge in [0.15, 0.2) is 5.82 Å². The number of benzene rings is 1. The van der Waals surface area contributed by atoms with Crippen molar-refractivity contribution in [2.75, 3.05) is 0 Å². The van der Waals surface area contributed by atoms with Crippen molar-refractivity contribution < 1.29 is 4.39 Å². The monoisotopic (exact) mass is 339 g/mol. The fraction of sp³-hybridized carbons (Fsp3) is 0.316. The highest BCUT2D eigenvalue weighted by atomic mass is 32.1. The summed E-state index contributed by atoms with van der Waals surface area (Å²) >= 11 is 1.69. The molecule has 0 aliphatic carbocycles. The van der Waals surface area contributed by atoms with Crippen molar-refractivity contribution in [3.05, 3.63) is 57.8 Å². The Balaban J connectivity index is 1.92. The molecule has 0 unspecified atom stereocenters. The van der Waals surface area contributed by atoms with Crippen LogP contribution in [0.3, 0.4) is 0 Å². The third kappa shape index (κ3) is 2.35. The second kappa shape index (κ2) is 5.74. The van der Waals surface area contributed by atoms with E-state index in [9.17, 15) is 4.39 Å². The molecule has 1 aliphatic heterocycles. The van der Waals surface area contributed by atoms with Gasteiger partial charge in [-0.3, -0.25) is 4.99 Å². The molecule has 0 atom stereocenters. The summed E-state index contributed by atoms with van der Waals surface area (Å²) < 4.78 is 13.9. The average molecular weight is 339 g/mol. The average Bonchev–Trinajstić information content (AvgIpc) is 3.09. The Labute approximate surface area is 144 Å². The molecule has 3 aromatic rings. The van der Waals surface area contributed by atoms with Gasteiger partial charge in [0.05, 0.1) is 22.1 Å². The number of para-hydroxylation sites is 1. The molecule has 5 heteroatoms. The molecule has 1 aliphatic rings. The molecule has 4 rings (SSSR count). The van der Waals surface area contributed by atoms with Crippen molar-refractivity contribution in [1.29, 1.82) is 0 Å². The third-order valence-electron chi connectivity index (χ3n) is 4.91. The minimum absolute atomic E-state index is 0.0814. The van der Waals surface area contributed by atoms with Gasteiger partial charge in [-0.25, -0.2) is 14.4 Å². The molecule has 0 bridgehead atoms. The van der Waals surface area contributed by atoms with Crippen LogP contribution in [0, 0.1) is 5.82 Å². The smallest absolute Gasteiger partial charge is 0.151 e. The molecule has 122 valence electrons. The lowest BCUT2D eigenvalue weighted by Gasteiger charge is -2.32. The summed E-state index contributed by atoms with van der Waals surface area (Å²) in [6.45, 7) is 4.37. The van der Waals surface area contributed by atoms with Gasteiger partial charge >= 0.3 is 0 Å². The number of hydrogen-bond acceptors (Lipinski definition) is 4. The summed E-state index contributed by atoms with van der Waals surface area (Å²) in [5.41, 5.74) is 3.74. The van der Waals surface area contributed by atoms with Gasteiger partial charge in [-0.05, 0) is 48.4 Å². The minimum atomic E-state index is -0.342. The maximum Gasteiger partial charge on any atom is 0.151 e. The molecule has 0 saturated heterocycles. The van der Waals surface area contributed by atoms with E-state index in [1.165, 1.54) is 11.6 Å². The Kier molecular flexibility index (Phi) is 3.68. The lowest BCUT2D eigenvalue weighted by molar-refractivity contribution is 0.393. The zero-order chi connectivity index (χ0) is 16.7. The number of aromatic nitrogens is 2. The zero-order valence-corrected chi connectivity index (χ0v) is 14.5. The van der Waals surface area contributed by atoms with Gasteiger partial charge in [-0.15, -0.1) is 11.3 Å². The van der Waals surface area contributed by atoms with Crippen LogP contribution in [0.2, 0.25) is 0 Å². The van der Waals surface area contributed by atoms with Gasteiger partial charge in [-0.2, -0.15) is 0 Å². The van der Waals surface area contributed by atoms with E-state index in [0.29, 0.717) is 11.0 Å². The second-order valence-electron chi connectivity index (χ2n) is 6.21. The molecule has 24 heavy (non-hydrogen) atoms. The molecule has 0 N–H and O–H groups in total. The Hall–Kier alpha value is -2.14. The summed E-state index contributed by atoms with van der Waals surface area (Å²) in [4.78, 5) is 15.2. The summed E-state index contributed by atoms with van der Waals surface area (Å²) in [5.74, 6) is -0.342. The molecule has 0 spiro atoms. The topological polar surface area (TPSA) is 38.1 Å². The van der Waals surface area contributed by atoms with E-state index in [2.05, 4.69) is 35.3 Å². The van der Waals surface area contributed by atoms with Gasteiger partial charge in [0.2, 0.25) is 0 Å². The molecule has 0 fully saturated rings. The lowest BCUT2D eigenvalue weighted by Crippen LogP contribution is -2.33. The minimum Gasteiger partial charge on any atom is -0.275 e. The largest absolute Gasteiger partial charge is 0.275 e. The quantitative estimate of drug-likeness (QED) is 0.688. The molecule has 3 heterocycles. The van der Waals surface area contributed by atoms with Crippen LogP contribution in [-0.4, -0.2) is 21.2 Å². The van der Waals surface area contributed by atoms with E-state index in [1.807, 2.05) is 0 Å². The predicted octanol–water partition coefficient (Wildman–Crippen LogP) is 4.78. The van der Waals surface area contributed by atoms with Crippen LogP contribution in [0.1, 0.15) is 42.8 Å². The molecule has 1 aromatic carbocycles. The number of nitrogens with zero attached hydrogens (tertiary/aromatic N) is 3. The van der Waals surface area contributed by atoms with Crippen molar-refractivity contribution in [2.45, 2.75) is 38.6 Å². The molecule has 0 saturated carbocycles. The SMILES string of the molecule is CCC1(CC)Cc2ccsc2C(c2cnc3c(F)cccc3n2)=N1. The van der Waals surface area contributed by atoms with Crippen LogP contribution < -0.4 is 0 Å². The first-order valence-electron chi connectivity index (χ1n) is 8.24. The molecule has 3 nitrogen and oxygen atoms in total. The number of thiophene rings is 1. The number of fused-ring (bicyclic) bond motifs is 2. The second-order valence-corrected chi connectivity index (χ2v) is 7.12. The van der Waals surface area contributed by atoms with E-state index in [1.54, 1.807) is 29.7 Å². The first-order chi connectivity index (χ1) is 11.7. The van der Waals surface area contributed by atoms with Gasteiger partial charge in [0, 0.05) is 0 Å². The highest BCUT2D eigenvalue weighted by molar-refractivity contribution is 7.12. The van der Waals surface area contributed by atoms with Crippen LogP contribution in [0.15, 0.2) is 40.8 Å². The lowest BCUT2D eigenvalue weighted by atomic mass is 9.83. The number of halogens is 1. The maximum atomic E-state index is 13.9. The van der Waals surface area contributed by atoms with Gasteiger partial charge < -0.3 is 0 Å². The molecule has 0 amide bonds. The van der Waals surface area contributed by atoms with Crippen LogP contribution in [0.25, 0.3) is 11.0 Å². The van der Waals surface area contributed by atoms with Gasteiger partial charge in [-0.1, -0.05) is 19.9 Å². The number of hydrogen-bond donors (Lipinski definition) is 0. The standard InChI is InChI=1S/C19H18FN3S/c1-3-19(4-2)10-12-8-9-24-18(12)17(23-19)15-11-21-16-13(20)6-5-7-14(16)22-15/h5-9,11H,3-4,10H2,1-2H3. The van der Waals surface area contributed by atoms with E-state index in [0.717, 1.165) is 35.5 Å². The first-order valence-corrected chi connectivity index (χ1v) is 9.12. The first kappa shape index (κ1) is 15.4. The van der Waals surface area contributed by atoms with Crippen molar-refractivity contribution >= 4 is 28.1 Å². The van der Waals surface area contributed by atoms with E-state index < -0.39 is 0 Å². The Morgan fingerprint density at radius 3 is 2.83 bits per heavy atom. The Morgan fingerprint density at radius 1 is 1.21 bits per heavy atom. The molecular weight excluding hydrogens is 321 g/mol. The van der Waals surface area contributed by atoms with Crippen molar-refractivity contribution in [3.63, 3.8) is 0 Å². The van der Waals surface area contributed by atoms with Crippen molar-refractivity contribution in [1.82, 2.24) is 9.97 Å². The fourth-order valence-corrected chi connectivity index (χ4v) is 4.24. The summed E-state index contributed by atoms with van der Waals surface area (Å²) in [6, 6.07) is 7.05. The molecular formula is C19H18FN3S. The van der Waals surface area contributed by atoms with Crippen LogP contribution >= 0.6 is 11.3 Å². The van der Waals surface area contributed by atoms with Crippen LogP contribution in [-0.2, 0) is 6.42 Å². The zero-order valence-electron chi connectivity index (χ0n) is 13.7. The van der Waals surface area contributed by atoms with E-state index >= 15 is 0 Å². The summed E-state index contributed by atoms with van der Waals surface area (Å²) in [7, 11) is 0. The number of rotatable bonds is 3. The maximum absolute atomic E-state index is 13.9. The normalized spacial score (nSPS) is 16.0. The Bertz CT molecular complexity index is 941.